The number of carbonyl (C=O) groups excluding carboxylic acids is 2. The standard InChI is InChI=1S/C22H17ClF3N3O3S/c1-32-18-7-6-12(8-16(18)23)13-9-19(30)29-21(14(13)10-27)33-11-20(31)28-17-5-3-2-4-15(17)22(24,25)26/h2-8,13H,9,11H2,1H3,(H,28,31)(H,29,30)/t13-/m1/s1. The first kappa shape index (κ1) is 24.5. The summed E-state index contributed by atoms with van der Waals surface area (Å²) in [5, 5.41) is 15.0. The zero-order valence-corrected chi connectivity index (χ0v) is 18.7. The van der Waals surface area contributed by atoms with E-state index in [1.54, 1.807) is 18.2 Å². The minimum atomic E-state index is -4.63. The maximum atomic E-state index is 13.1. The van der Waals surface area contributed by atoms with E-state index in [1.807, 2.05) is 0 Å². The van der Waals surface area contributed by atoms with Gasteiger partial charge in [-0.1, -0.05) is 41.6 Å². The maximum absolute atomic E-state index is 13.1. The molecule has 6 nitrogen and oxygen atoms in total. The topological polar surface area (TPSA) is 91.2 Å². The Morgan fingerprint density at radius 1 is 1.33 bits per heavy atom. The number of ether oxygens (including phenoxy) is 1. The molecule has 33 heavy (non-hydrogen) atoms. The van der Waals surface area contributed by atoms with Crippen molar-refractivity contribution in [2.24, 2.45) is 0 Å². The van der Waals surface area contributed by atoms with Gasteiger partial charge in [0, 0.05) is 12.3 Å². The minimum Gasteiger partial charge on any atom is -0.495 e. The Morgan fingerprint density at radius 2 is 2.06 bits per heavy atom. The molecular formula is C22H17ClF3N3O3S. The average molecular weight is 496 g/mol. The van der Waals surface area contributed by atoms with E-state index in [0.717, 1.165) is 23.9 Å². The van der Waals surface area contributed by atoms with Crippen LogP contribution < -0.4 is 15.4 Å². The molecule has 1 aliphatic heterocycles. The lowest BCUT2D eigenvalue weighted by Crippen LogP contribution is -2.31. The molecule has 0 fully saturated rings. The fourth-order valence-corrected chi connectivity index (χ4v) is 4.42. The molecule has 3 rings (SSSR count). The number of amides is 2. The smallest absolute Gasteiger partial charge is 0.418 e. The van der Waals surface area contributed by atoms with Crippen LogP contribution in [0.1, 0.15) is 23.5 Å². The lowest BCUT2D eigenvalue weighted by molar-refractivity contribution is -0.137. The van der Waals surface area contributed by atoms with E-state index in [-0.39, 0.29) is 34.4 Å². The van der Waals surface area contributed by atoms with Crippen molar-refractivity contribution in [3.05, 3.63) is 69.2 Å². The van der Waals surface area contributed by atoms with Crippen LogP contribution >= 0.6 is 23.4 Å². The van der Waals surface area contributed by atoms with Crippen LogP contribution in [-0.4, -0.2) is 24.7 Å². The summed E-state index contributed by atoms with van der Waals surface area (Å²) in [6, 6.07) is 11.6. The molecule has 0 radical (unpaired) electrons. The van der Waals surface area contributed by atoms with Gasteiger partial charge >= 0.3 is 6.18 Å². The lowest BCUT2D eigenvalue weighted by Gasteiger charge is -2.25. The second-order valence-electron chi connectivity index (χ2n) is 6.93. The van der Waals surface area contributed by atoms with Crippen molar-refractivity contribution in [3.63, 3.8) is 0 Å². The molecule has 0 spiro atoms. The van der Waals surface area contributed by atoms with Crippen LogP contribution in [0.4, 0.5) is 18.9 Å². The van der Waals surface area contributed by atoms with Crippen LogP contribution in [0, 0.1) is 11.3 Å². The maximum Gasteiger partial charge on any atom is 0.418 e. The number of nitrogens with zero attached hydrogens (tertiary/aromatic N) is 1. The number of nitriles is 1. The van der Waals surface area contributed by atoms with Gasteiger partial charge in [-0.2, -0.15) is 18.4 Å². The van der Waals surface area contributed by atoms with Gasteiger partial charge in [0.2, 0.25) is 11.8 Å². The summed E-state index contributed by atoms with van der Waals surface area (Å²) in [6.45, 7) is 0. The van der Waals surface area contributed by atoms with E-state index in [1.165, 1.54) is 19.2 Å². The van der Waals surface area contributed by atoms with Crippen molar-refractivity contribution in [1.29, 1.82) is 5.26 Å². The molecule has 0 aliphatic carbocycles. The zero-order chi connectivity index (χ0) is 24.2. The number of anilines is 1. The first-order valence-electron chi connectivity index (χ1n) is 9.50. The van der Waals surface area contributed by atoms with Gasteiger partial charge in [0.1, 0.15) is 5.75 Å². The summed E-state index contributed by atoms with van der Waals surface area (Å²) in [5.74, 6) is -1.55. The Kier molecular flexibility index (Phi) is 7.56. The van der Waals surface area contributed by atoms with E-state index < -0.39 is 23.6 Å². The molecule has 0 unspecified atom stereocenters. The molecule has 1 aliphatic rings. The number of thioether (sulfide) groups is 1. The number of carbonyl (C=O) groups is 2. The van der Waals surface area contributed by atoms with Gasteiger partial charge < -0.3 is 15.4 Å². The Morgan fingerprint density at radius 3 is 2.70 bits per heavy atom. The number of methoxy groups -OCH3 is 1. The number of nitrogens with one attached hydrogen (secondary N) is 2. The van der Waals surface area contributed by atoms with Crippen molar-refractivity contribution < 1.29 is 27.5 Å². The van der Waals surface area contributed by atoms with E-state index >= 15 is 0 Å². The molecule has 2 aromatic carbocycles. The summed E-state index contributed by atoms with van der Waals surface area (Å²) in [6.07, 6.45) is -4.63. The number of para-hydroxylation sites is 1. The fraction of sp³-hybridized carbons (Fsp3) is 0.227. The molecule has 0 bridgehead atoms. The fourth-order valence-electron chi connectivity index (χ4n) is 3.28. The number of rotatable bonds is 6. The molecule has 2 N–H and O–H groups in total. The third kappa shape index (κ3) is 5.80. The molecule has 0 aromatic heterocycles. The van der Waals surface area contributed by atoms with Crippen molar-refractivity contribution >= 4 is 40.9 Å². The van der Waals surface area contributed by atoms with Gasteiger partial charge in [-0.25, -0.2) is 0 Å². The highest BCUT2D eigenvalue weighted by atomic mass is 35.5. The Labute approximate surface area is 196 Å². The number of hydrogen-bond acceptors (Lipinski definition) is 5. The van der Waals surface area contributed by atoms with Crippen LogP contribution in [0.2, 0.25) is 5.02 Å². The van der Waals surface area contributed by atoms with Gasteiger partial charge in [0.25, 0.3) is 0 Å². The predicted octanol–water partition coefficient (Wildman–Crippen LogP) is 5.08. The minimum absolute atomic E-state index is 0.000759. The molecule has 2 amide bonds. The normalized spacial score (nSPS) is 16.1. The van der Waals surface area contributed by atoms with Crippen LogP contribution in [0.5, 0.6) is 5.75 Å². The van der Waals surface area contributed by atoms with Crippen molar-refractivity contribution in [1.82, 2.24) is 5.32 Å². The lowest BCUT2D eigenvalue weighted by atomic mass is 9.87. The molecule has 172 valence electrons. The van der Waals surface area contributed by atoms with E-state index in [9.17, 15) is 28.0 Å². The van der Waals surface area contributed by atoms with Gasteiger partial charge in [0.15, 0.2) is 0 Å². The highest BCUT2D eigenvalue weighted by Crippen LogP contribution is 2.39. The molecule has 0 saturated carbocycles. The van der Waals surface area contributed by atoms with Gasteiger partial charge in [-0.3, -0.25) is 9.59 Å². The largest absolute Gasteiger partial charge is 0.495 e. The number of benzene rings is 2. The van der Waals surface area contributed by atoms with Crippen LogP contribution in [0.25, 0.3) is 0 Å². The summed E-state index contributed by atoms with van der Waals surface area (Å²) in [7, 11) is 1.46. The highest BCUT2D eigenvalue weighted by molar-refractivity contribution is 8.03. The second kappa shape index (κ2) is 10.2. The monoisotopic (exact) mass is 495 g/mol. The number of hydrogen-bond donors (Lipinski definition) is 2. The quantitative estimate of drug-likeness (QED) is 0.583. The molecule has 1 heterocycles. The number of alkyl halides is 3. The van der Waals surface area contributed by atoms with Crippen molar-refractivity contribution in [2.75, 3.05) is 18.2 Å². The zero-order valence-electron chi connectivity index (χ0n) is 17.1. The van der Waals surface area contributed by atoms with Crippen molar-refractivity contribution in [2.45, 2.75) is 18.5 Å². The van der Waals surface area contributed by atoms with Gasteiger partial charge in [-0.05, 0) is 29.8 Å². The summed E-state index contributed by atoms with van der Waals surface area (Å²) in [5.41, 5.74) is -0.496. The Balaban J connectivity index is 1.79. The van der Waals surface area contributed by atoms with E-state index in [2.05, 4.69) is 16.7 Å². The summed E-state index contributed by atoms with van der Waals surface area (Å²) >= 11 is 7.03. The highest BCUT2D eigenvalue weighted by Gasteiger charge is 2.34. The second-order valence-corrected chi connectivity index (χ2v) is 8.33. The SMILES string of the molecule is COc1ccc([C@H]2CC(=O)NC(SCC(=O)Nc3ccccc3C(F)(F)F)=C2C#N)cc1Cl. The molecule has 0 saturated heterocycles. The van der Waals surface area contributed by atoms with E-state index in [0.29, 0.717) is 16.3 Å². The van der Waals surface area contributed by atoms with Crippen LogP contribution in [0.15, 0.2) is 53.1 Å². The first-order chi connectivity index (χ1) is 15.6. The third-order valence-corrected chi connectivity index (χ3v) is 6.10. The van der Waals surface area contributed by atoms with Crippen LogP contribution in [0.3, 0.4) is 0 Å². The Hall–Kier alpha value is -3.16. The Bertz CT molecular complexity index is 1160. The first-order valence-corrected chi connectivity index (χ1v) is 10.9. The summed E-state index contributed by atoms with van der Waals surface area (Å²) in [4.78, 5) is 24.6. The molecular weight excluding hydrogens is 479 g/mol. The number of halogens is 4. The van der Waals surface area contributed by atoms with Crippen molar-refractivity contribution in [3.8, 4) is 11.8 Å². The molecule has 11 heteroatoms. The number of allylic oxidation sites excluding steroid dienone is 1. The summed E-state index contributed by atoms with van der Waals surface area (Å²) < 4.78 is 44.5. The predicted molar refractivity (Wildman–Crippen MR) is 119 cm³/mol. The third-order valence-electron chi connectivity index (χ3n) is 4.79. The van der Waals surface area contributed by atoms with Gasteiger partial charge in [-0.15, -0.1) is 0 Å². The average Bonchev–Trinajstić information content (AvgIpc) is 2.76. The van der Waals surface area contributed by atoms with Gasteiger partial charge in [0.05, 0.1) is 45.8 Å². The van der Waals surface area contributed by atoms with Crippen LogP contribution in [-0.2, 0) is 15.8 Å². The molecule has 2 aromatic rings. The molecule has 1 atom stereocenters. The van der Waals surface area contributed by atoms with E-state index in [4.69, 9.17) is 16.3 Å².